The lowest BCUT2D eigenvalue weighted by atomic mass is 10.0. The standard InChI is InChI=1S/C30H29N5O2/c1-37-25-10-11-28-27(15-25)32-29(35(28)18-19-12-13-34(17-19)30(36)22-6-7-22)21-4-2-20(3-5-21)23-8-9-24-16-31-33-26(24)14-23/h2-5,8-11,14-16,19,22H,6-7,12-13,17-18H2,1H3,(H,31,33). The molecule has 37 heavy (non-hydrogen) atoms. The maximum Gasteiger partial charge on any atom is 0.225 e. The maximum absolute atomic E-state index is 12.6. The summed E-state index contributed by atoms with van der Waals surface area (Å²) in [6, 6.07) is 21.1. The first-order valence-corrected chi connectivity index (χ1v) is 13.0. The number of aromatic nitrogens is 4. The maximum atomic E-state index is 12.6. The highest BCUT2D eigenvalue weighted by molar-refractivity contribution is 5.85. The van der Waals surface area contributed by atoms with Crippen LogP contribution < -0.4 is 4.74 Å². The molecule has 2 fully saturated rings. The Labute approximate surface area is 215 Å². The Balaban J connectivity index is 1.22. The van der Waals surface area contributed by atoms with Crippen molar-refractivity contribution in [1.82, 2.24) is 24.6 Å². The van der Waals surface area contributed by atoms with Gasteiger partial charge < -0.3 is 14.2 Å². The first-order valence-electron chi connectivity index (χ1n) is 13.0. The second-order valence-electron chi connectivity index (χ2n) is 10.4. The molecule has 186 valence electrons. The smallest absolute Gasteiger partial charge is 0.225 e. The highest BCUT2D eigenvalue weighted by atomic mass is 16.5. The van der Waals surface area contributed by atoms with Crippen molar-refractivity contribution in [3.8, 4) is 28.3 Å². The van der Waals surface area contributed by atoms with Crippen LogP contribution in [-0.2, 0) is 11.3 Å². The average molecular weight is 492 g/mol. The van der Waals surface area contributed by atoms with Crippen LogP contribution in [0.5, 0.6) is 5.75 Å². The topological polar surface area (TPSA) is 76.0 Å². The lowest BCUT2D eigenvalue weighted by Gasteiger charge is -2.18. The molecule has 0 spiro atoms. The van der Waals surface area contributed by atoms with E-state index in [1.54, 1.807) is 7.11 Å². The van der Waals surface area contributed by atoms with E-state index in [0.717, 1.165) is 89.1 Å². The molecule has 7 heteroatoms. The SMILES string of the molecule is COc1ccc2c(c1)nc(-c1ccc(-c3ccc4cn[nH]c4c3)cc1)n2CC1CCN(C(=O)C2CC2)C1. The minimum absolute atomic E-state index is 0.281. The van der Waals surface area contributed by atoms with Crippen molar-refractivity contribution in [3.05, 3.63) is 66.9 Å². The summed E-state index contributed by atoms with van der Waals surface area (Å²) < 4.78 is 7.80. The Kier molecular flexibility index (Phi) is 5.23. The number of nitrogens with zero attached hydrogens (tertiary/aromatic N) is 4. The number of aromatic amines is 1. The van der Waals surface area contributed by atoms with E-state index in [9.17, 15) is 4.79 Å². The van der Waals surface area contributed by atoms with Gasteiger partial charge >= 0.3 is 0 Å². The summed E-state index contributed by atoms with van der Waals surface area (Å²) in [5.74, 6) is 2.80. The van der Waals surface area contributed by atoms with Crippen LogP contribution in [0.4, 0.5) is 0 Å². The van der Waals surface area contributed by atoms with Crippen molar-refractivity contribution in [2.45, 2.75) is 25.8 Å². The van der Waals surface area contributed by atoms with Gasteiger partial charge in [0, 0.05) is 42.6 Å². The van der Waals surface area contributed by atoms with Gasteiger partial charge in [0.2, 0.25) is 5.91 Å². The minimum atomic E-state index is 0.281. The third kappa shape index (κ3) is 4.04. The van der Waals surface area contributed by atoms with E-state index in [1.807, 2.05) is 18.3 Å². The van der Waals surface area contributed by atoms with Crippen LogP contribution >= 0.6 is 0 Å². The highest BCUT2D eigenvalue weighted by Crippen LogP contribution is 2.35. The van der Waals surface area contributed by atoms with Crippen molar-refractivity contribution in [2.24, 2.45) is 11.8 Å². The Hall–Kier alpha value is -4.13. The third-order valence-electron chi connectivity index (χ3n) is 7.84. The second kappa shape index (κ2) is 8.76. The van der Waals surface area contributed by atoms with E-state index in [-0.39, 0.29) is 5.92 Å². The number of fused-ring (bicyclic) bond motifs is 2. The van der Waals surface area contributed by atoms with Gasteiger partial charge in [0.15, 0.2) is 0 Å². The molecule has 0 bridgehead atoms. The molecule has 7 rings (SSSR count). The summed E-state index contributed by atoms with van der Waals surface area (Å²) >= 11 is 0. The van der Waals surface area contributed by atoms with E-state index in [2.05, 4.69) is 68.2 Å². The molecule has 0 radical (unpaired) electrons. The van der Waals surface area contributed by atoms with E-state index < -0.39 is 0 Å². The van der Waals surface area contributed by atoms with Crippen LogP contribution in [0.25, 0.3) is 44.5 Å². The molecule has 2 aliphatic rings. The van der Waals surface area contributed by atoms with Crippen molar-refractivity contribution in [1.29, 1.82) is 0 Å². The van der Waals surface area contributed by atoms with Crippen LogP contribution in [0.15, 0.2) is 66.9 Å². The predicted molar refractivity (Wildman–Crippen MR) is 144 cm³/mol. The Morgan fingerprint density at radius 3 is 2.62 bits per heavy atom. The zero-order valence-electron chi connectivity index (χ0n) is 20.9. The molecule has 1 atom stereocenters. The lowest BCUT2D eigenvalue weighted by Crippen LogP contribution is -2.30. The molecular weight excluding hydrogens is 462 g/mol. The average Bonchev–Trinajstić information content (AvgIpc) is 3.33. The fourth-order valence-corrected chi connectivity index (χ4v) is 5.60. The van der Waals surface area contributed by atoms with E-state index in [1.165, 1.54) is 0 Å². The van der Waals surface area contributed by atoms with Crippen molar-refractivity contribution >= 4 is 27.8 Å². The molecular formula is C30H29N5O2. The molecule has 5 aromatic rings. The molecule has 7 nitrogen and oxygen atoms in total. The monoisotopic (exact) mass is 491 g/mol. The number of ether oxygens (including phenoxy) is 1. The number of methoxy groups -OCH3 is 1. The number of amides is 1. The van der Waals surface area contributed by atoms with Gasteiger partial charge in [-0.1, -0.05) is 36.4 Å². The molecule has 1 unspecified atom stereocenters. The molecule has 1 N–H and O–H groups in total. The summed E-state index contributed by atoms with van der Waals surface area (Å²) in [4.78, 5) is 19.8. The largest absolute Gasteiger partial charge is 0.497 e. The number of nitrogens with one attached hydrogen (secondary N) is 1. The third-order valence-corrected chi connectivity index (χ3v) is 7.84. The molecule has 1 aliphatic heterocycles. The number of carbonyl (C=O) groups excluding carboxylic acids is 1. The van der Waals surface area contributed by atoms with E-state index >= 15 is 0 Å². The number of likely N-dealkylation sites (tertiary alicyclic amines) is 1. The highest BCUT2D eigenvalue weighted by Gasteiger charge is 2.36. The second-order valence-corrected chi connectivity index (χ2v) is 10.4. The van der Waals surface area contributed by atoms with E-state index in [4.69, 9.17) is 9.72 Å². The van der Waals surface area contributed by atoms with Gasteiger partial charge in [-0.15, -0.1) is 0 Å². The van der Waals surface area contributed by atoms with Crippen LogP contribution in [-0.4, -0.2) is 50.8 Å². The normalized spacial score (nSPS) is 17.6. The lowest BCUT2D eigenvalue weighted by molar-refractivity contribution is -0.131. The Bertz CT molecular complexity index is 1610. The Morgan fingerprint density at radius 2 is 1.81 bits per heavy atom. The van der Waals surface area contributed by atoms with Crippen LogP contribution in [0.3, 0.4) is 0 Å². The summed E-state index contributed by atoms with van der Waals surface area (Å²) in [7, 11) is 1.68. The van der Waals surface area contributed by atoms with Crippen molar-refractivity contribution < 1.29 is 9.53 Å². The molecule has 3 aromatic carbocycles. The van der Waals surface area contributed by atoms with Crippen molar-refractivity contribution in [3.63, 3.8) is 0 Å². The van der Waals surface area contributed by atoms with E-state index in [0.29, 0.717) is 11.8 Å². The fraction of sp³-hybridized carbons (Fsp3) is 0.300. The molecule has 3 heterocycles. The van der Waals surface area contributed by atoms with Crippen molar-refractivity contribution in [2.75, 3.05) is 20.2 Å². The summed E-state index contributed by atoms with van der Waals surface area (Å²) in [6.45, 7) is 2.54. The summed E-state index contributed by atoms with van der Waals surface area (Å²) in [5, 5.41) is 8.29. The quantitative estimate of drug-likeness (QED) is 0.340. The molecule has 1 amide bonds. The van der Waals surface area contributed by atoms with Crippen LogP contribution in [0, 0.1) is 11.8 Å². The number of H-pyrrole nitrogens is 1. The number of benzene rings is 3. The van der Waals surface area contributed by atoms with Gasteiger partial charge in [-0.25, -0.2) is 4.98 Å². The van der Waals surface area contributed by atoms with Gasteiger partial charge in [-0.2, -0.15) is 5.10 Å². The van der Waals surface area contributed by atoms with Gasteiger partial charge in [0.1, 0.15) is 11.6 Å². The molecule has 1 aliphatic carbocycles. The fourth-order valence-electron chi connectivity index (χ4n) is 5.60. The predicted octanol–water partition coefficient (Wildman–Crippen LogP) is 5.51. The first-order chi connectivity index (χ1) is 18.2. The van der Waals surface area contributed by atoms with Gasteiger partial charge in [-0.05, 0) is 54.5 Å². The van der Waals surface area contributed by atoms with Gasteiger partial charge in [0.25, 0.3) is 0 Å². The zero-order valence-corrected chi connectivity index (χ0v) is 20.9. The first kappa shape index (κ1) is 22.1. The number of imidazole rings is 1. The number of carbonyl (C=O) groups is 1. The van der Waals surface area contributed by atoms with Crippen LogP contribution in [0.2, 0.25) is 0 Å². The number of hydrogen-bond donors (Lipinski definition) is 1. The number of hydrogen-bond acceptors (Lipinski definition) is 4. The zero-order chi connectivity index (χ0) is 24.9. The van der Waals surface area contributed by atoms with Gasteiger partial charge in [-0.3, -0.25) is 9.89 Å². The van der Waals surface area contributed by atoms with Crippen LogP contribution in [0.1, 0.15) is 19.3 Å². The molecule has 2 aromatic heterocycles. The minimum Gasteiger partial charge on any atom is -0.497 e. The summed E-state index contributed by atoms with van der Waals surface area (Å²) in [6.07, 6.45) is 4.99. The molecule has 1 saturated heterocycles. The summed E-state index contributed by atoms with van der Waals surface area (Å²) in [5.41, 5.74) is 6.42. The Morgan fingerprint density at radius 1 is 1.00 bits per heavy atom. The number of rotatable bonds is 6. The molecule has 1 saturated carbocycles. The van der Waals surface area contributed by atoms with Gasteiger partial charge in [0.05, 0.1) is 29.9 Å².